The molecule has 0 heterocycles. The molecule has 0 radical (unpaired) electrons. The Morgan fingerprint density at radius 3 is 0.964 bits per heavy atom. The van der Waals surface area contributed by atoms with Crippen LogP contribution in [0.4, 0.5) is 0 Å². The molecular weight excluding hydrogens is 464 g/mol. The van der Waals surface area contributed by atoms with Crippen molar-refractivity contribution in [2.24, 2.45) is 0 Å². The van der Waals surface area contributed by atoms with Crippen molar-refractivity contribution in [1.29, 1.82) is 0 Å². The topological polar surface area (TPSA) is 172 Å². The zero-order valence-electron chi connectivity index (χ0n) is 14.4. The van der Waals surface area contributed by atoms with Crippen molar-refractivity contribution in [1.82, 2.24) is 0 Å². The number of rotatable bonds is 5. The van der Waals surface area contributed by atoms with E-state index in [1.54, 1.807) is 13.8 Å². The molecule has 10 nitrogen and oxygen atoms in total. The van der Waals surface area contributed by atoms with Gasteiger partial charge in [0, 0.05) is 34.1 Å². The molecule has 0 aromatic rings. The first-order chi connectivity index (χ1) is 12.7. The first-order valence-electron chi connectivity index (χ1n) is 5.44. The Morgan fingerprint density at radius 1 is 0.643 bits per heavy atom. The molecule has 0 bridgehead atoms. The Labute approximate surface area is 184 Å². The van der Waals surface area contributed by atoms with Crippen molar-refractivity contribution >= 4 is 11.9 Å². The van der Waals surface area contributed by atoms with Crippen LogP contribution >= 0.6 is 0 Å². The Hall–Kier alpha value is -2.10. The molecule has 0 amide bonds. The summed E-state index contributed by atoms with van der Waals surface area (Å²) in [4.78, 5) is 21.4. The van der Waals surface area contributed by atoms with E-state index < -0.39 is 11.9 Å². The van der Waals surface area contributed by atoms with Gasteiger partial charge in [0.05, 0.1) is 13.2 Å². The fourth-order valence-corrected chi connectivity index (χ4v) is 0.565. The maximum Gasteiger partial charge on any atom is 0 e. The van der Waals surface area contributed by atoms with E-state index in [-0.39, 0.29) is 34.1 Å². The molecule has 0 aromatic heterocycles. The third-order valence-corrected chi connectivity index (χ3v) is 1.04. The van der Waals surface area contributed by atoms with E-state index in [0.29, 0.717) is 13.2 Å². The fraction of sp³-hybridized carbons (Fsp3) is 0.250. The van der Waals surface area contributed by atoms with Crippen molar-refractivity contribution in [2.45, 2.75) is 13.8 Å². The van der Waals surface area contributed by atoms with Crippen LogP contribution < -0.4 is 0 Å². The largest absolute Gasteiger partial charge is 0 e. The minimum absolute atomic E-state index is 0. The number of hydrogen-bond acceptors (Lipinski definition) is 4. The van der Waals surface area contributed by atoms with Gasteiger partial charge in [0.1, 0.15) is 0 Å². The van der Waals surface area contributed by atoms with Crippen LogP contribution in [0, 0.1) is 52.1 Å². The Morgan fingerprint density at radius 2 is 0.821 bits per heavy atom. The number of esters is 2. The first-order valence-corrected chi connectivity index (χ1v) is 5.44. The molecular formula is C16H12Fe2O10-2. The normalized spacial score (nSPS) is 5.79. The summed E-state index contributed by atoms with van der Waals surface area (Å²) in [6.45, 7) is 31.0. The van der Waals surface area contributed by atoms with Crippen molar-refractivity contribution in [3.05, 3.63) is 64.2 Å². The summed E-state index contributed by atoms with van der Waals surface area (Å²) in [5.41, 5.74) is 0. The molecule has 0 aliphatic rings. The van der Waals surface area contributed by atoms with Crippen LogP contribution in [0.2, 0.25) is 0 Å². The van der Waals surface area contributed by atoms with E-state index in [4.69, 9.17) is 27.9 Å². The minimum atomic E-state index is -0.575. The van der Waals surface area contributed by atoms with E-state index in [9.17, 15) is 9.59 Å². The zero-order valence-corrected chi connectivity index (χ0v) is 16.6. The van der Waals surface area contributed by atoms with Crippen LogP contribution in [0.5, 0.6) is 0 Å². The van der Waals surface area contributed by atoms with Gasteiger partial charge in [0.15, 0.2) is 0 Å². The monoisotopic (exact) mass is 476 g/mol. The maximum atomic E-state index is 10.7. The molecule has 12 heteroatoms. The molecule has 0 atom stereocenters. The molecule has 154 valence electrons. The van der Waals surface area contributed by atoms with Gasteiger partial charge in [0.25, 0.3) is 0 Å². The summed E-state index contributed by atoms with van der Waals surface area (Å²) >= 11 is 0. The molecule has 0 saturated carbocycles. The second kappa shape index (κ2) is 100. The van der Waals surface area contributed by atoms with E-state index in [1.165, 1.54) is 12.2 Å². The SMILES string of the molecule is CCOC(=O)[C-]=CC=[C-]C(=O)OCC.[C-]#[O+].[C-]#[O+].[C-]#[O+].[C-]#[O+].[C-]#[O+].[C-]#[O+].[Fe].[Fe]. The van der Waals surface area contributed by atoms with Crippen molar-refractivity contribution in [2.75, 3.05) is 13.2 Å². The van der Waals surface area contributed by atoms with E-state index in [1.807, 2.05) is 0 Å². The number of allylic oxidation sites excluding steroid dienone is 2. The van der Waals surface area contributed by atoms with E-state index >= 15 is 0 Å². The number of carbonyl (C=O) groups is 2. The predicted octanol–water partition coefficient (Wildman–Crippen LogP) is 0.601. The maximum absolute atomic E-state index is 10.7. The molecule has 0 aromatic carbocycles. The van der Waals surface area contributed by atoms with Gasteiger partial charge in [0.2, 0.25) is 11.9 Å². The Bertz CT molecular complexity index is 399. The van der Waals surface area contributed by atoms with E-state index in [0.717, 1.165) is 0 Å². The van der Waals surface area contributed by atoms with Crippen molar-refractivity contribution in [3.63, 3.8) is 0 Å². The molecule has 0 fully saturated rings. The van der Waals surface area contributed by atoms with Crippen LogP contribution in [0.3, 0.4) is 0 Å². The van der Waals surface area contributed by atoms with Gasteiger partial charge < -0.3 is 21.6 Å². The van der Waals surface area contributed by atoms with E-state index in [2.05, 4.69) is 61.5 Å². The summed E-state index contributed by atoms with van der Waals surface area (Å²) in [5.74, 6) is -1.15. The molecule has 0 aliphatic carbocycles. The molecule has 0 aliphatic heterocycles. The minimum Gasteiger partial charge on any atom is 0 e. The van der Waals surface area contributed by atoms with Crippen molar-refractivity contribution < 1.29 is 81.1 Å². The van der Waals surface area contributed by atoms with Gasteiger partial charge >= 0.3 is 67.8 Å². The van der Waals surface area contributed by atoms with Gasteiger partial charge in [-0.2, -0.15) is 0 Å². The summed E-state index contributed by atoms with van der Waals surface area (Å²) in [6.07, 6.45) is 7.03. The van der Waals surface area contributed by atoms with Gasteiger partial charge in [-0.05, 0) is 13.8 Å². The van der Waals surface area contributed by atoms with Crippen LogP contribution in [-0.4, -0.2) is 25.2 Å². The number of carbonyl (C=O) groups excluding carboxylic acids is 2. The molecule has 28 heavy (non-hydrogen) atoms. The average molecular weight is 476 g/mol. The van der Waals surface area contributed by atoms with Gasteiger partial charge in [-0.3, -0.25) is 21.7 Å². The fourth-order valence-electron chi connectivity index (χ4n) is 0.565. The molecule has 0 rings (SSSR count). The molecule has 0 unspecified atom stereocenters. The number of hydrogen-bond donors (Lipinski definition) is 0. The van der Waals surface area contributed by atoms with Crippen LogP contribution in [0.1, 0.15) is 13.8 Å². The number of ether oxygens (including phenoxy) is 2. The van der Waals surface area contributed by atoms with Gasteiger partial charge in [-0.15, -0.1) is 0 Å². The third kappa shape index (κ3) is 105. The predicted molar refractivity (Wildman–Crippen MR) is 72.5 cm³/mol. The molecule has 0 N–H and O–H groups in total. The molecule has 0 saturated heterocycles. The van der Waals surface area contributed by atoms with Gasteiger partial charge in [-0.25, -0.2) is 0 Å². The average Bonchev–Trinajstić information content (AvgIpc) is 2.75. The smallest absolute Gasteiger partial charge is 0 e. The summed E-state index contributed by atoms with van der Waals surface area (Å²) < 4.78 is 54.1. The Balaban J connectivity index is -0.0000000315. The molecule has 0 spiro atoms. The van der Waals surface area contributed by atoms with Crippen LogP contribution in [0.25, 0.3) is 0 Å². The zero-order chi connectivity index (χ0) is 22.8. The summed E-state index contributed by atoms with van der Waals surface area (Å²) in [7, 11) is 0. The van der Waals surface area contributed by atoms with Gasteiger partial charge in [-0.1, -0.05) is 0 Å². The first kappa shape index (κ1) is 56.2. The van der Waals surface area contributed by atoms with Crippen molar-refractivity contribution in [3.8, 4) is 0 Å². The Kier molecular flexibility index (Phi) is 202. The van der Waals surface area contributed by atoms with Crippen LogP contribution in [0.15, 0.2) is 12.2 Å². The summed E-state index contributed by atoms with van der Waals surface area (Å²) in [6, 6.07) is 0. The third-order valence-electron chi connectivity index (χ3n) is 1.04. The standard InChI is InChI=1S/C10H12O4.6CO.2Fe/c1-3-13-9(11)7-5-6-8-10(12)14-4-2;6*1-2;;/h5-6H,3-4H2,1-2H3;;;;;;;;/q-2;;;;;;;;. The second-order valence-electron chi connectivity index (χ2n) is 2.06. The van der Waals surface area contributed by atoms with Crippen LogP contribution in [-0.2, 0) is 81.1 Å². The quantitative estimate of drug-likeness (QED) is 0.141. The second-order valence-corrected chi connectivity index (χ2v) is 2.06. The summed E-state index contributed by atoms with van der Waals surface area (Å²) in [5, 5.41) is 0.